The molecule has 0 spiro atoms. The maximum absolute atomic E-state index is 10.9. The van der Waals surface area contributed by atoms with Gasteiger partial charge in [-0.1, -0.05) is 137 Å². The molecule has 0 aromatic heterocycles. The molecular formula is C29H52O. The van der Waals surface area contributed by atoms with Gasteiger partial charge in [-0.15, -0.1) is 0 Å². The Labute approximate surface area is 189 Å². The van der Waals surface area contributed by atoms with Gasteiger partial charge in [-0.3, -0.25) is 0 Å². The van der Waals surface area contributed by atoms with Crippen molar-refractivity contribution in [3.05, 3.63) is 28.8 Å². The minimum Gasteiger partial charge on any atom is -0.507 e. The van der Waals surface area contributed by atoms with Crippen molar-refractivity contribution in [2.75, 3.05) is 0 Å². The smallest absolute Gasteiger partial charge is 0.122 e. The van der Waals surface area contributed by atoms with Crippen LogP contribution in [0, 0.1) is 0 Å². The van der Waals surface area contributed by atoms with Crippen molar-refractivity contribution in [2.45, 2.75) is 149 Å². The van der Waals surface area contributed by atoms with E-state index in [-0.39, 0.29) is 5.41 Å². The van der Waals surface area contributed by atoms with Crippen LogP contribution in [0.2, 0.25) is 0 Å². The Balaban J connectivity index is 2.36. The normalized spacial score (nSPS) is 13.0. The molecule has 0 aliphatic carbocycles. The number of hydrogen-bond donors (Lipinski definition) is 1. The summed E-state index contributed by atoms with van der Waals surface area (Å²) in [4.78, 5) is 0. The average molecular weight is 417 g/mol. The monoisotopic (exact) mass is 416 g/mol. The molecule has 0 amide bonds. The number of aryl methyl sites for hydroxylation is 1. The van der Waals surface area contributed by atoms with Crippen LogP contribution in [0.5, 0.6) is 5.75 Å². The van der Waals surface area contributed by atoms with Gasteiger partial charge < -0.3 is 5.11 Å². The number of benzene rings is 1. The molecule has 1 nitrogen and oxygen atoms in total. The van der Waals surface area contributed by atoms with Gasteiger partial charge in [0.1, 0.15) is 5.75 Å². The minimum atomic E-state index is 0.126. The standard InChI is InChI=1S/C29H52O/c1-7-9-10-11-12-13-14-15-16-17-18-19-21-24(3)27-23-26(29(4,5)6)22-25(20-8-2)28(27)30/h22-24,30H,7-21H2,1-6H3. The molecule has 1 atom stereocenters. The van der Waals surface area contributed by atoms with Crippen molar-refractivity contribution in [3.63, 3.8) is 0 Å². The van der Waals surface area contributed by atoms with E-state index in [1.54, 1.807) is 0 Å². The van der Waals surface area contributed by atoms with Crippen LogP contribution in [0.1, 0.15) is 154 Å². The molecule has 1 aromatic carbocycles. The van der Waals surface area contributed by atoms with Crippen LogP contribution in [-0.4, -0.2) is 5.11 Å². The lowest BCUT2D eigenvalue weighted by molar-refractivity contribution is 0.448. The summed E-state index contributed by atoms with van der Waals surface area (Å²) in [5, 5.41) is 10.9. The highest BCUT2D eigenvalue weighted by atomic mass is 16.3. The van der Waals surface area contributed by atoms with Crippen molar-refractivity contribution >= 4 is 0 Å². The zero-order chi connectivity index (χ0) is 22.4. The second kappa shape index (κ2) is 14.9. The van der Waals surface area contributed by atoms with Gasteiger partial charge in [0.15, 0.2) is 0 Å². The molecule has 1 N–H and O–H groups in total. The maximum Gasteiger partial charge on any atom is 0.122 e. The molecule has 0 heterocycles. The number of hydrogen-bond acceptors (Lipinski definition) is 1. The van der Waals surface area contributed by atoms with E-state index in [2.05, 4.69) is 53.7 Å². The van der Waals surface area contributed by atoms with Gasteiger partial charge in [-0.05, 0) is 40.9 Å². The van der Waals surface area contributed by atoms with Crippen LogP contribution in [0.3, 0.4) is 0 Å². The summed E-state index contributed by atoms with van der Waals surface area (Å²) in [5.74, 6) is 1.00. The van der Waals surface area contributed by atoms with Crippen LogP contribution >= 0.6 is 0 Å². The van der Waals surface area contributed by atoms with Gasteiger partial charge in [0.05, 0.1) is 0 Å². The maximum atomic E-state index is 10.9. The first-order valence-corrected chi connectivity index (χ1v) is 13.2. The number of unbranched alkanes of at least 4 members (excludes halogenated alkanes) is 11. The van der Waals surface area contributed by atoms with Crippen molar-refractivity contribution in [3.8, 4) is 5.75 Å². The lowest BCUT2D eigenvalue weighted by Gasteiger charge is -2.24. The summed E-state index contributed by atoms with van der Waals surface area (Å²) >= 11 is 0. The summed E-state index contributed by atoms with van der Waals surface area (Å²) in [6, 6.07) is 4.51. The highest BCUT2D eigenvalue weighted by molar-refractivity contribution is 5.47. The highest BCUT2D eigenvalue weighted by Gasteiger charge is 2.20. The van der Waals surface area contributed by atoms with Gasteiger partial charge >= 0.3 is 0 Å². The largest absolute Gasteiger partial charge is 0.507 e. The first-order chi connectivity index (χ1) is 14.3. The van der Waals surface area contributed by atoms with Crippen LogP contribution in [0.4, 0.5) is 0 Å². The molecule has 0 fully saturated rings. The van der Waals surface area contributed by atoms with E-state index in [0.29, 0.717) is 11.7 Å². The van der Waals surface area contributed by atoms with Gasteiger partial charge in [-0.25, -0.2) is 0 Å². The van der Waals surface area contributed by atoms with Gasteiger partial charge in [-0.2, -0.15) is 0 Å². The molecule has 1 unspecified atom stereocenters. The molecular weight excluding hydrogens is 364 g/mol. The van der Waals surface area contributed by atoms with E-state index in [1.165, 1.54) is 94.6 Å². The molecule has 174 valence electrons. The third kappa shape index (κ3) is 10.4. The number of aromatic hydroxyl groups is 1. The quantitative estimate of drug-likeness (QED) is 0.266. The third-order valence-electron chi connectivity index (χ3n) is 6.63. The Bertz CT molecular complexity index is 566. The molecule has 0 aliphatic heterocycles. The van der Waals surface area contributed by atoms with Crippen LogP contribution < -0.4 is 0 Å². The summed E-state index contributed by atoms with van der Waals surface area (Å²) in [5.41, 5.74) is 3.80. The van der Waals surface area contributed by atoms with Crippen molar-refractivity contribution < 1.29 is 5.11 Å². The Morgan fingerprint density at radius 1 is 0.733 bits per heavy atom. The lowest BCUT2D eigenvalue weighted by atomic mass is 9.81. The number of phenolic OH excluding ortho intramolecular Hbond substituents is 1. The van der Waals surface area contributed by atoms with Crippen molar-refractivity contribution in [1.82, 2.24) is 0 Å². The second-order valence-electron chi connectivity index (χ2n) is 10.7. The molecule has 0 aliphatic rings. The van der Waals surface area contributed by atoms with E-state index in [4.69, 9.17) is 0 Å². The lowest BCUT2D eigenvalue weighted by Crippen LogP contribution is -2.13. The molecule has 0 saturated carbocycles. The second-order valence-corrected chi connectivity index (χ2v) is 10.7. The van der Waals surface area contributed by atoms with Gasteiger partial charge in [0.2, 0.25) is 0 Å². The SMILES string of the molecule is CCCCCCCCCCCCCCC(C)c1cc(C(C)(C)C)cc(CCC)c1O. The van der Waals surface area contributed by atoms with E-state index in [0.717, 1.165) is 18.4 Å². The first-order valence-electron chi connectivity index (χ1n) is 13.2. The zero-order valence-electron chi connectivity index (χ0n) is 21.3. The molecule has 30 heavy (non-hydrogen) atoms. The van der Waals surface area contributed by atoms with Crippen LogP contribution in [0.25, 0.3) is 0 Å². The summed E-state index contributed by atoms with van der Waals surface area (Å²) in [7, 11) is 0. The Kier molecular flexibility index (Phi) is 13.5. The molecule has 0 bridgehead atoms. The topological polar surface area (TPSA) is 20.2 Å². The number of phenols is 1. The summed E-state index contributed by atoms with van der Waals surface area (Å²) in [6.45, 7) is 13.6. The average Bonchev–Trinajstić information content (AvgIpc) is 2.69. The van der Waals surface area contributed by atoms with Gasteiger partial charge in [0.25, 0.3) is 0 Å². The molecule has 0 saturated heterocycles. The Morgan fingerprint density at radius 3 is 1.70 bits per heavy atom. The first kappa shape index (κ1) is 27.1. The Hall–Kier alpha value is -0.980. The fourth-order valence-corrected chi connectivity index (χ4v) is 4.43. The van der Waals surface area contributed by atoms with E-state index >= 15 is 0 Å². The highest BCUT2D eigenvalue weighted by Crippen LogP contribution is 2.37. The Morgan fingerprint density at radius 2 is 1.23 bits per heavy atom. The molecule has 1 heteroatoms. The van der Waals surface area contributed by atoms with E-state index < -0.39 is 0 Å². The fourth-order valence-electron chi connectivity index (χ4n) is 4.43. The molecule has 0 radical (unpaired) electrons. The summed E-state index contributed by atoms with van der Waals surface area (Å²) in [6.07, 6.45) is 20.0. The fraction of sp³-hybridized carbons (Fsp3) is 0.793. The molecule has 1 rings (SSSR count). The third-order valence-corrected chi connectivity index (χ3v) is 6.63. The molecule has 1 aromatic rings. The number of rotatable bonds is 16. The van der Waals surface area contributed by atoms with Gasteiger partial charge in [0, 0.05) is 0 Å². The van der Waals surface area contributed by atoms with Crippen LogP contribution in [0.15, 0.2) is 12.1 Å². The predicted molar refractivity (Wildman–Crippen MR) is 135 cm³/mol. The predicted octanol–water partition coefficient (Wildman–Crippen LogP) is 9.84. The minimum absolute atomic E-state index is 0.126. The van der Waals surface area contributed by atoms with E-state index in [1.807, 2.05) is 0 Å². The van der Waals surface area contributed by atoms with Crippen LogP contribution in [-0.2, 0) is 11.8 Å². The zero-order valence-corrected chi connectivity index (χ0v) is 21.3. The summed E-state index contributed by atoms with van der Waals surface area (Å²) < 4.78 is 0. The van der Waals surface area contributed by atoms with Crippen molar-refractivity contribution in [1.29, 1.82) is 0 Å². The van der Waals surface area contributed by atoms with Crippen molar-refractivity contribution in [2.24, 2.45) is 0 Å². The van der Waals surface area contributed by atoms with E-state index in [9.17, 15) is 5.11 Å².